The van der Waals surface area contributed by atoms with Crippen molar-refractivity contribution >= 4 is 23.1 Å². The summed E-state index contributed by atoms with van der Waals surface area (Å²) in [6, 6.07) is 12.1. The highest BCUT2D eigenvalue weighted by Crippen LogP contribution is 2.17. The van der Waals surface area contributed by atoms with Gasteiger partial charge < -0.3 is 17.7 Å². The van der Waals surface area contributed by atoms with Crippen LogP contribution in [0.25, 0.3) is 5.69 Å². The Labute approximate surface area is 143 Å². The van der Waals surface area contributed by atoms with E-state index in [1.807, 2.05) is 30.3 Å². The van der Waals surface area contributed by atoms with E-state index in [-0.39, 0.29) is 12.4 Å². The Bertz CT molecular complexity index is 657. The molecule has 0 radical (unpaired) electrons. The van der Waals surface area contributed by atoms with E-state index in [0.29, 0.717) is 0 Å². The second-order valence-corrected chi connectivity index (χ2v) is 6.21. The molecule has 0 amide bonds. The van der Waals surface area contributed by atoms with E-state index in [4.69, 9.17) is 0 Å². The molecule has 0 aliphatic heterocycles. The van der Waals surface area contributed by atoms with Crippen LogP contribution < -0.4 is 17.7 Å². The fourth-order valence-electron chi connectivity index (χ4n) is 1.84. The number of hydrogen-bond donors (Lipinski definition) is 1. The van der Waals surface area contributed by atoms with E-state index in [2.05, 4.69) is 37.7 Å². The van der Waals surface area contributed by atoms with Crippen molar-refractivity contribution in [3.05, 3.63) is 52.7 Å². The van der Waals surface area contributed by atoms with Gasteiger partial charge in [0.2, 0.25) is 5.16 Å². The molecular weight excluding hydrogens is 338 g/mol. The van der Waals surface area contributed by atoms with Crippen LogP contribution in [0.4, 0.5) is 0 Å². The van der Waals surface area contributed by atoms with Crippen LogP contribution >= 0.6 is 23.1 Å². The van der Waals surface area contributed by atoms with E-state index in [1.165, 1.54) is 5.56 Å². The highest BCUT2D eigenvalue weighted by Gasteiger charge is 2.07. The fourth-order valence-corrected chi connectivity index (χ4v) is 3.30. The summed E-state index contributed by atoms with van der Waals surface area (Å²) in [5.74, 6) is 0.928. The van der Waals surface area contributed by atoms with Crippen molar-refractivity contribution in [2.45, 2.75) is 11.7 Å². The summed E-state index contributed by atoms with van der Waals surface area (Å²) in [4.78, 5) is 0. The Morgan fingerprint density at radius 2 is 2.05 bits per heavy atom. The van der Waals surface area contributed by atoms with Crippen molar-refractivity contribution in [3.63, 3.8) is 0 Å². The fraction of sp³-hybridized carbons (Fsp3) is 0.214. The molecular formula is C14H15ClN5S2-. The average Bonchev–Trinajstić information content (AvgIpc) is 3.19. The van der Waals surface area contributed by atoms with Crippen molar-refractivity contribution in [2.24, 2.45) is 0 Å². The molecule has 1 aromatic carbocycles. The van der Waals surface area contributed by atoms with Gasteiger partial charge in [-0.15, -0.1) is 5.10 Å². The van der Waals surface area contributed by atoms with Crippen molar-refractivity contribution in [2.75, 3.05) is 12.3 Å². The van der Waals surface area contributed by atoms with Gasteiger partial charge in [-0.05, 0) is 44.9 Å². The topological polar surface area (TPSA) is 55.6 Å². The van der Waals surface area contributed by atoms with Crippen LogP contribution in [-0.2, 0) is 6.54 Å². The number of thioether (sulfide) groups is 1. The molecule has 3 aromatic rings. The number of benzene rings is 1. The second kappa shape index (κ2) is 8.89. The number of rotatable bonds is 7. The Kier molecular flexibility index (Phi) is 6.85. The van der Waals surface area contributed by atoms with Gasteiger partial charge in [-0.25, -0.2) is 0 Å². The van der Waals surface area contributed by atoms with Crippen molar-refractivity contribution in [1.82, 2.24) is 25.5 Å². The number of aromatic nitrogens is 4. The lowest BCUT2D eigenvalue weighted by atomic mass is 10.3. The minimum Gasteiger partial charge on any atom is -1.00 e. The highest BCUT2D eigenvalue weighted by molar-refractivity contribution is 7.99. The summed E-state index contributed by atoms with van der Waals surface area (Å²) in [7, 11) is 0. The normalized spacial score (nSPS) is 10.4. The van der Waals surface area contributed by atoms with Gasteiger partial charge in [0.25, 0.3) is 0 Å². The molecule has 0 atom stereocenters. The van der Waals surface area contributed by atoms with Gasteiger partial charge in [-0.1, -0.05) is 30.0 Å². The molecule has 0 saturated heterocycles. The molecule has 5 nitrogen and oxygen atoms in total. The molecule has 0 spiro atoms. The molecule has 0 unspecified atom stereocenters. The first-order valence-corrected chi connectivity index (χ1v) is 8.55. The molecule has 116 valence electrons. The van der Waals surface area contributed by atoms with Crippen LogP contribution in [0.2, 0.25) is 0 Å². The van der Waals surface area contributed by atoms with Crippen LogP contribution in [0.1, 0.15) is 5.56 Å². The summed E-state index contributed by atoms with van der Waals surface area (Å²) >= 11 is 3.38. The first-order valence-electron chi connectivity index (χ1n) is 6.62. The largest absolute Gasteiger partial charge is 1.00 e. The lowest BCUT2D eigenvalue weighted by molar-refractivity contribution is -0.00000429. The van der Waals surface area contributed by atoms with Gasteiger partial charge in [0.05, 0.1) is 5.69 Å². The third-order valence-corrected chi connectivity index (χ3v) is 4.51. The van der Waals surface area contributed by atoms with E-state index in [9.17, 15) is 0 Å². The van der Waals surface area contributed by atoms with E-state index >= 15 is 0 Å². The maximum Gasteiger partial charge on any atom is 0.214 e. The van der Waals surface area contributed by atoms with E-state index in [1.54, 1.807) is 27.8 Å². The zero-order chi connectivity index (χ0) is 14.3. The summed E-state index contributed by atoms with van der Waals surface area (Å²) < 4.78 is 1.77. The molecule has 0 bridgehead atoms. The number of nitrogens with one attached hydrogen (secondary N) is 1. The Balaban J connectivity index is 0.00000176. The van der Waals surface area contributed by atoms with Gasteiger partial charge in [0.1, 0.15) is 0 Å². The molecule has 0 saturated carbocycles. The quantitative estimate of drug-likeness (QED) is 0.463. The summed E-state index contributed by atoms with van der Waals surface area (Å²) in [6.07, 6.45) is 0. The minimum absolute atomic E-state index is 0. The minimum atomic E-state index is 0. The molecule has 22 heavy (non-hydrogen) atoms. The van der Waals surface area contributed by atoms with Crippen LogP contribution in [-0.4, -0.2) is 32.5 Å². The van der Waals surface area contributed by atoms with Gasteiger partial charge in [0.15, 0.2) is 0 Å². The molecule has 8 heteroatoms. The van der Waals surface area contributed by atoms with E-state index in [0.717, 1.165) is 29.7 Å². The number of para-hydroxylation sites is 1. The Morgan fingerprint density at radius 3 is 2.82 bits per heavy atom. The van der Waals surface area contributed by atoms with Crippen molar-refractivity contribution in [3.8, 4) is 5.69 Å². The standard InChI is InChI=1S/C14H15N5S2.ClH/c1-2-4-13(5-3-1)19-14(16-17-18-19)21-9-7-15-10-12-6-8-20-11-12;/h1-6,8,11,15H,7,9-10H2;1H/p-1. The van der Waals surface area contributed by atoms with Crippen molar-refractivity contribution in [1.29, 1.82) is 0 Å². The molecule has 1 N–H and O–H groups in total. The Hall–Kier alpha value is -1.41. The average molecular weight is 353 g/mol. The second-order valence-electron chi connectivity index (χ2n) is 4.37. The summed E-state index contributed by atoms with van der Waals surface area (Å²) in [5, 5.41) is 20.4. The predicted molar refractivity (Wildman–Crippen MR) is 85.9 cm³/mol. The number of tetrazole rings is 1. The number of thiophene rings is 1. The molecule has 0 fully saturated rings. The van der Waals surface area contributed by atoms with Gasteiger partial charge in [0, 0.05) is 18.8 Å². The molecule has 2 heterocycles. The monoisotopic (exact) mass is 352 g/mol. The van der Waals surface area contributed by atoms with Gasteiger partial charge in [-0.2, -0.15) is 16.0 Å². The SMILES string of the molecule is [Cl-].c1ccc(-n2nnnc2SCCNCc2ccsc2)cc1. The van der Waals surface area contributed by atoms with Crippen LogP contribution in [0.5, 0.6) is 0 Å². The number of hydrogen-bond acceptors (Lipinski definition) is 6. The lowest BCUT2D eigenvalue weighted by Crippen LogP contribution is -3.00. The lowest BCUT2D eigenvalue weighted by Gasteiger charge is -2.04. The maximum atomic E-state index is 4.08. The van der Waals surface area contributed by atoms with Gasteiger partial charge in [-0.3, -0.25) is 0 Å². The summed E-state index contributed by atoms with van der Waals surface area (Å²) in [6.45, 7) is 1.83. The third kappa shape index (κ3) is 4.54. The zero-order valence-corrected chi connectivity index (χ0v) is 14.1. The number of nitrogens with zero attached hydrogens (tertiary/aromatic N) is 4. The van der Waals surface area contributed by atoms with Crippen LogP contribution in [0.3, 0.4) is 0 Å². The van der Waals surface area contributed by atoms with Crippen LogP contribution in [0.15, 0.2) is 52.3 Å². The smallest absolute Gasteiger partial charge is 0.214 e. The van der Waals surface area contributed by atoms with E-state index < -0.39 is 0 Å². The molecule has 0 aliphatic carbocycles. The predicted octanol–water partition coefficient (Wildman–Crippen LogP) is -0.390. The third-order valence-electron chi connectivity index (χ3n) is 2.86. The molecule has 0 aliphatic rings. The van der Waals surface area contributed by atoms with Gasteiger partial charge >= 0.3 is 0 Å². The molecule has 2 aromatic heterocycles. The summed E-state index contributed by atoms with van der Waals surface area (Å²) in [5.41, 5.74) is 2.32. The zero-order valence-electron chi connectivity index (χ0n) is 11.7. The van der Waals surface area contributed by atoms with Crippen molar-refractivity contribution < 1.29 is 12.4 Å². The number of halogens is 1. The Morgan fingerprint density at radius 1 is 1.18 bits per heavy atom. The molecule has 3 rings (SSSR count). The first kappa shape index (κ1) is 17.0. The van der Waals surface area contributed by atoms with Crippen LogP contribution in [0, 0.1) is 0 Å². The highest BCUT2D eigenvalue weighted by atomic mass is 35.5. The first-order chi connectivity index (χ1) is 10.4. The maximum absolute atomic E-state index is 4.08.